The van der Waals surface area contributed by atoms with Crippen molar-refractivity contribution in [3.8, 4) is 12.3 Å². The lowest BCUT2D eigenvalue weighted by Gasteiger charge is -2.34. The van der Waals surface area contributed by atoms with E-state index >= 15 is 0 Å². The standard InChI is InChI=1S/C21H19ClF2N4O/c1-2-8-27(11-16-4-3-5-17(22)9-16)12-21(29,13-28-15-25-14-26-28)19-7-6-18(23)10-20(19)24/h1,3-7,9-10,14-15,29H,8,11-13H2. The molecule has 0 saturated heterocycles. The van der Waals surface area contributed by atoms with Crippen LogP contribution < -0.4 is 0 Å². The van der Waals surface area contributed by atoms with Crippen LogP contribution in [0.25, 0.3) is 0 Å². The van der Waals surface area contributed by atoms with Gasteiger partial charge in [0.1, 0.15) is 29.9 Å². The Morgan fingerprint density at radius 3 is 2.72 bits per heavy atom. The molecule has 0 aliphatic heterocycles. The average Bonchev–Trinajstić information content (AvgIpc) is 3.14. The van der Waals surface area contributed by atoms with E-state index in [1.165, 1.54) is 23.4 Å². The summed E-state index contributed by atoms with van der Waals surface area (Å²) in [5.74, 6) is 0.974. The van der Waals surface area contributed by atoms with Gasteiger partial charge in [-0.15, -0.1) is 6.42 Å². The molecule has 150 valence electrons. The predicted octanol–water partition coefficient (Wildman–Crippen LogP) is 3.23. The van der Waals surface area contributed by atoms with Crippen molar-refractivity contribution in [2.75, 3.05) is 13.1 Å². The van der Waals surface area contributed by atoms with Crippen molar-refractivity contribution >= 4 is 11.6 Å². The molecule has 0 bridgehead atoms. The minimum atomic E-state index is -1.74. The van der Waals surface area contributed by atoms with Gasteiger partial charge >= 0.3 is 0 Å². The van der Waals surface area contributed by atoms with Crippen LogP contribution in [-0.2, 0) is 18.7 Å². The smallest absolute Gasteiger partial charge is 0.137 e. The Morgan fingerprint density at radius 2 is 2.07 bits per heavy atom. The van der Waals surface area contributed by atoms with Crippen molar-refractivity contribution in [2.24, 2.45) is 0 Å². The molecule has 1 heterocycles. The van der Waals surface area contributed by atoms with Gasteiger partial charge in [-0.2, -0.15) is 5.10 Å². The molecular formula is C21H19ClF2N4O. The Bertz CT molecular complexity index is 1010. The van der Waals surface area contributed by atoms with Gasteiger partial charge in [0.15, 0.2) is 0 Å². The highest BCUT2D eigenvalue weighted by Crippen LogP contribution is 2.28. The van der Waals surface area contributed by atoms with Crippen LogP contribution in [0.15, 0.2) is 55.1 Å². The molecule has 3 aromatic rings. The fourth-order valence-corrected chi connectivity index (χ4v) is 3.44. The highest BCUT2D eigenvalue weighted by atomic mass is 35.5. The second-order valence-electron chi connectivity index (χ2n) is 6.73. The first-order chi connectivity index (χ1) is 13.9. The van der Waals surface area contributed by atoms with Crippen LogP contribution in [0.4, 0.5) is 8.78 Å². The molecule has 0 spiro atoms. The first-order valence-electron chi connectivity index (χ1n) is 8.80. The summed E-state index contributed by atoms with van der Waals surface area (Å²) >= 11 is 6.05. The van der Waals surface area contributed by atoms with Crippen LogP contribution in [0.3, 0.4) is 0 Å². The van der Waals surface area contributed by atoms with Gasteiger partial charge in [-0.25, -0.2) is 18.4 Å². The van der Waals surface area contributed by atoms with Crippen LogP contribution in [0.2, 0.25) is 5.02 Å². The lowest BCUT2D eigenvalue weighted by Crippen LogP contribution is -2.44. The van der Waals surface area contributed by atoms with Crippen molar-refractivity contribution in [2.45, 2.75) is 18.7 Å². The molecule has 1 N–H and O–H groups in total. The first-order valence-corrected chi connectivity index (χ1v) is 9.18. The molecule has 0 fully saturated rings. The molecular weight excluding hydrogens is 398 g/mol. The molecule has 1 atom stereocenters. The van der Waals surface area contributed by atoms with E-state index in [1.807, 2.05) is 12.1 Å². The van der Waals surface area contributed by atoms with E-state index in [0.717, 1.165) is 17.7 Å². The zero-order chi connectivity index (χ0) is 20.9. The summed E-state index contributed by atoms with van der Waals surface area (Å²) in [6.45, 7) is 0.473. The number of aromatic nitrogens is 3. The topological polar surface area (TPSA) is 54.2 Å². The fourth-order valence-electron chi connectivity index (χ4n) is 3.23. The maximum absolute atomic E-state index is 14.6. The van der Waals surface area contributed by atoms with Crippen LogP contribution in [0.5, 0.6) is 0 Å². The van der Waals surface area contributed by atoms with E-state index in [2.05, 4.69) is 16.0 Å². The van der Waals surface area contributed by atoms with Gasteiger partial charge in [0, 0.05) is 29.7 Å². The maximum atomic E-state index is 14.6. The fraction of sp³-hybridized carbons (Fsp3) is 0.238. The average molecular weight is 417 g/mol. The number of hydrogen-bond acceptors (Lipinski definition) is 4. The number of benzene rings is 2. The van der Waals surface area contributed by atoms with Gasteiger partial charge in [0.2, 0.25) is 0 Å². The zero-order valence-corrected chi connectivity index (χ0v) is 16.2. The molecule has 2 aromatic carbocycles. The molecule has 1 aromatic heterocycles. The van der Waals surface area contributed by atoms with Crippen molar-refractivity contribution in [3.63, 3.8) is 0 Å². The number of aliphatic hydroxyl groups is 1. The summed E-state index contributed by atoms with van der Waals surface area (Å²) < 4.78 is 29.4. The number of rotatable bonds is 8. The second kappa shape index (κ2) is 9.14. The zero-order valence-electron chi connectivity index (χ0n) is 15.5. The Balaban J connectivity index is 1.94. The molecule has 0 aliphatic carbocycles. The van der Waals surface area contributed by atoms with Crippen molar-refractivity contribution in [3.05, 3.63) is 82.9 Å². The summed E-state index contributed by atoms with van der Waals surface area (Å²) in [6.07, 6.45) is 8.23. The first kappa shape index (κ1) is 20.9. The third-order valence-electron chi connectivity index (χ3n) is 4.42. The number of hydrogen-bond donors (Lipinski definition) is 1. The van der Waals surface area contributed by atoms with E-state index < -0.39 is 17.2 Å². The van der Waals surface area contributed by atoms with E-state index in [4.69, 9.17) is 18.0 Å². The van der Waals surface area contributed by atoms with E-state index in [1.54, 1.807) is 17.0 Å². The maximum Gasteiger partial charge on any atom is 0.137 e. The minimum absolute atomic E-state index is 0.0217. The van der Waals surface area contributed by atoms with Crippen LogP contribution in [0, 0.1) is 24.0 Å². The van der Waals surface area contributed by atoms with Crippen molar-refractivity contribution < 1.29 is 13.9 Å². The van der Waals surface area contributed by atoms with E-state index in [-0.39, 0.29) is 25.2 Å². The molecule has 0 radical (unpaired) electrons. The number of halogens is 3. The molecule has 3 rings (SSSR count). The van der Waals surface area contributed by atoms with Crippen LogP contribution in [-0.4, -0.2) is 37.9 Å². The molecule has 8 heteroatoms. The molecule has 1 unspecified atom stereocenters. The Hall–Kier alpha value is -2.79. The minimum Gasteiger partial charge on any atom is -0.382 e. The second-order valence-corrected chi connectivity index (χ2v) is 7.16. The summed E-state index contributed by atoms with van der Waals surface area (Å²) in [7, 11) is 0. The van der Waals surface area contributed by atoms with Gasteiger partial charge in [-0.1, -0.05) is 35.7 Å². The van der Waals surface area contributed by atoms with Gasteiger partial charge in [0.25, 0.3) is 0 Å². The lowest BCUT2D eigenvalue weighted by atomic mass is 9.92. The molecule has 0 saturated carbocycles. The lowest BCUT2D eigenvalue weighted by molar-refractivity contribution is -0.0205. The predicted molar refractivity (Wildman–Crippen MR) is 106 cm³/mol. The highest BCUT2D eigenvalue weighted by Gasteiger charge is 2.35. The van der Waals surface area contributed by atoms with Gasteiger partial charge in [-0.05, 0) is 23.8 Å². The van der Waals surface area contributed by atoms with E-state index in [0.29, 0.717) is 11.6 Å². The van der Waals surface area contributed by atoms with Crippen molar-refractivity contribution in [1.82, 2.24) is 19.7 Å². The largest absolute Gasteiger partial charge is 0.382 e. The number of nitrogens with zero attached hydrogens (tertiary/aromatic N) is 4. The Kier molecular flexibility index (Phi) is 6.60. The summed E-state index contributed by atoms with van der Waals surface area (Å²) in [5, 5.41) is 16.0. The molecule has 5 nitrogen and oxygen atoms in total. The van der Waals surface area contributed by atoms with Gasteiger partial charge < -0.3 is 5.11 Å². The van der Waals surface area contributed by atoms with Crippen LogP contribution in [0.1, 0.15) is 11.1 Å². The van der Waals surface area contributed by atoms with E-state index in [9.17, 15) is 13.9 Å². The van der Waals surface area contributed by atoms with Gasteiger partial charge in [0.05, 0.1) is 13.1 Å². The third-order valence-corrected chi connectivity index (χ3v) is 4.65. The monoisotopic (exact) mass is 416 g/mol. The summed E-state index contributed by atoms with van der Waals surface area (Å²) in [5.41, 5.74) is -0.904. The van der Waals surface area contributed by atoms with Crippen molar-refractivity contribution in [1.29, 1.82) is 0 Å². The normalized spacial score (nSPS) is 13.2. The SMILES string of the molecule is C#CCN(Cc1cccc(Cl)c1)CC(O)(Cn1cncn1)c1ccc(F)cc1F. The Morgan fingerprint density at radius 1 is 1.24 bits per heavy atom. The summed E-state index contributed by atoms with van der Waals surface area (Å²) in [4.78, 5) is 5.64. The van der Waals surface area contributed by atoms with Gasteiger partial charge in [-0.3, -0.25) is 4.90 Å². The summed E-state index contributed by atoms with van der Waals surface area (Å²) in [6, 6.07) is 10.3. The third kappa shape index (κ3) is 5.39. The quantitative estimate of drug-likeness (QED) is 0.573. The van der Waals surface area contributed by atoms with Crippen LogP contribution >= 0.6 is 11.6 Å². The highest BCUT2D eigenvalue weighted by molar-refractivity contribution is 6.30. The number of terminal acetylenes is 1. The molecule has 0 aliphatic rings. The molecule has 0 amide bonds. The molecule has 29 heavy (non-hydrogen) atoms. The Labute approximate surface area is 172 Å².